The highest BCUT2D eigenvalue weighted by molar-refractivity contribution is 7.17. The van der Waals surface area contributed by atoms with E-state index in [-0.39, 0.29) is 22.2 Å². The number of ether oxygens (including phenoxy) is 1. The predicted molar refractivity (Wildman–Crippen MR) is 95.3 cm³/mol. The first-order valence-electron chi connectivity index (χ1n) is 7.63. The second kappa shape index (κ2) is 7.37. The van der Waals surface area contributed by atoms with E-state index in [2.05, 4.69) is 10.6 Å². The van der Waals surface area contributed by atoms with Gasteiger partial charge in [-0.15, -0.1) is 11.3 Å². The number of amides is 3. The predicted octanol–water partition coefficient (Wildman–Crippen LogP) is 4.24. The summed E-state index contributed by atoms with van der Waals surface area (Å²) in [5, 5.41) is 4.59. The van der Waals surface area contributed by atoms with Gasteiger partial charge in [0.2, 0.25) is 0 Å². The second-order valence-electron chi connectivity index (χ2n) is 5.64. The number of alkyl halides is 3. The fraction of sp³-hybridized carbons (Fsp3) is 0.250. The normalized spacial score (nSPS) is 13.8. The molecule has 144 valence electrons. The van der Waals surface area contributed by atoms with Crippen molar-refractivity contribution in [2.24, 2.45) is 5.73 Å². The molecule has 2 heterocycles. The van der Waals surface area contributed by atoms with Crippen molar-refractivity contribution in [3.63, 3.8) is 0 Å². The summed E-state index contributed by atoms with van der Waals surface area (Å²) in [7, 11) is 0. The van der Waals surface area contributed by atoms with E-state index in [0.717, 1.165) is 22.3 Å². The van der Waals surface area contributed by atoms with E-state index in [1.807, 2.05) is 0 Å². The minimum Gasteiger partial charge on any atom is -0.376 e. The van der Waals surface area contributed by atoms with Crippen LogP contribution in [0.1, 0.15) is 26.4 Å². The Labute approximate surface area is 160 Å². The Bertz CT molecular complexity index is 914. The highest BCUT2D eigenvalue weighted by atomic mass is 35.5. The smallest absolute Gasteiger partial charge is 0.376 e. The van der Waals surface area contributed by atoms with Crippen molar-refractivity contribution >= 4 is 45.6 Å². The molecule has 0 unspecified atom stereocenters. The van der Waals surface area contributed by atoms with E-state index >= 15 is 0 Å². The lowest BCUT2D eigenvalue weighted by molar-refractivity contribution is -0.136. The van der Waals surface area contributed by atoms with Crippen molar-refractivity contribution in [2.75, 3.05) is 17.2 Å². The summed E-state index contributed by atoms with van der Waals surface area (Å²) in [6.45, 7) is 0.689. The molecule has 1 aliphatic rings. The lowest BCUT2D eigenvalue weighted by Crippen LogP contribution is -2.23. The first kappa shape index (κ1) is 19.5. The van der Waals surface area contributed by atoms with Crippen molar-refractivity contribution in [2.45, 2.75) is 19.2 Å². The van der Waals surface area contributed by atoms with Gasteiger partial charge in [-0.1, -0.05) is 11.6 Å². The molecule has 0 bridgehead atoms. The molecule has 0 atom stereocenters. The topological polar surface area (TPSA) is 93.5 Å². The van der Waals surface area contributed by atoms with Gasteiger partial charge in [-0.3, -0.25) is 10.1 Å². The summed E-state index contributed by atoms with van der Waals surface area (Å²) in [5.41, 5.74) is 4.70. The van der Waals surface area contributed by atoms with E-state index in [0.29, 0.717) is 24.7 Å². The van der Waals surface area contributed by atoms with Crippen LogP contribution in [0.2, 0.25) is 5.02 Å². The minimum atomic E-state index is -4.70. The molecule has 0 saturated carbocycles. The van der Waals surface area contributed by atoms with Gasteiger partial charge in [0.25, 0.3) is 5.91 Å². The molecule has 3 rings (SSSR count). The van der Waals surface area contributed by atoms with Crippen LogP contribution in [0.5, 0.6) is 0 Å². The molecule has 0 fully saturated rings. The third kappa shape index (κ3) is 4.18. The average molecular weight is 420 g/mol. The fourth-order valence-corrected chi connectivity index (χ4v) is 4.06. The van der Waals surface area contributed by atoms with E-state index in [1.165, 1.54) is 6.07 Å². The van der Waals surface area contributed by atoms with Crippen molar-refractivity contribution in [1.29, 1.82) is 0 Å². The highest BCUT2D eigenvalue weighted by Gasteiger charge is 2.34. The van der Waals surface area contributed by atoms with Crippen molar-refractivity contribution in [1.82, 2.24) is 0 Å². The monoisotopic (exact) mass is 419 g/mol. The molecule has 2 aromatic rings. The fourth-order valence-electron chi connectivity index (χ4n) is 2.70. The van der Waals surface area contributed by atoms with Crippen LogP contribution in [0, 0.1) is 0 Å². The first-order valence-corrected chi connectivity index (χ1v) is 8.83. The lowest BCUT2D eigenvalue weighted by atomic mass is 10.1. The molecular formula is C16H13ClF3N3O3S. The third-order valence-electron chi connectivity index (χ3n) is 3.83. The van der Waals surface area contributed by atoms with Crippen LogP contribution < -0.4 is 16.4 Å². The van der Waals surface area contributed by atoms with E-state index < -0.39 is 29.4 Å². The standard InChI is InChI=1S/C16H13ClF3N3O3S/c17-7-1-2-10(9(5-7)16(18,19)20)22-15(25)23-14-12(13(21)24)8-3-4-26-6-11(8)27-14/h1-2,5H,3-4,6H2,(H2,21,24)(H2,22,23,25). The summed E-state index contributed by atoms with van der Waals surface area (Å²) in [5.74, 6) is -0.729. The number of nitrogens with one attached hydrogen (secondary N) is 2. The molecule has 1 aliphatic heterocycles. The molecule has 0 spiro atoms. The van der Waals surface area contributed by atoms with Gasteiger partial charge in [-0.25, -0.2) is 4.79 Å². The average Bonchev–Trinajstić information content (AvgIpc) is 2.93. The molecule has 6 nitrogen and oxygen atoms in total. The molecular weight excluding hydrogens is 407 g/mol. The number of rotatable bonds is 3. The Kier molecular flexibility index (Phi) is 5.31. The van der Waals surface area contributed by atoms with Crippen LogP contribution >= 0.6 is 22.9 Å². The SMILES string of the molecule is NC(=O)c1c(NC(=O)Nc2ccc(Cl)cc2C(F)(F)F)sc2c1CCOC2. The number of anilines is 2. The van der Waals surface area contributed by atoms with Crippen LogP contribution in [0.25, 0.3) is 0 Å². The minimum absolute atomic E-state index is 0.116. The van der Waals surface area contributed by atoms with Gasteiger partial charge in [0, 0.05) is 9.90 Å². The third-order valence-corrected chi connectivity index (χ3v) is 5.18. The van der Waals surface area contributed by atoms with E-state index in [9.17, 15) is 22.8 Å². The molecule has 4 N–H and O–H groups in total. The molecule has 0 saturated heterocycles. The summed E-state index contributed by atoms with van der Waals surface area (Å²) < 4.78 is 44.7. The van der Waals surface area contributed by atoms with Crippen LogP contribution in [0.3, 0.4) is 0 Å². The molecule has 0 radical (unpaired) electrons. The maximum atomic E-state index is 13.1. The number of hydrogen-bond donors (Lipinski definition) is 3. The van der Waals surface area contributed by atoms with Gasteiger partial charge in [0.05, 0.1) is 30.0 Å². The maximum Gasteiger partial charge on any atom is 0.418 e. The summed E-state index contributed by atoms with van der Waals surface area (Å²) in [4.78, 5) is 24.7. The molecule has 0 aliphatic carbocycles. The Hall–Kier alpha value is -2.30. The molecule has 1 aromatic heterocycles. The molecule has 27 heavy (non-hydrogen) atoms. The zero-order valence-corrected chi connectivity index (χ0v) is 15.1. The summed E-state index contributed by atoms with van der Waals surface area (Å²) >= 11 is 6.71. The maximum absolute atomic E-state index is 13.1. The highest BCUT2D eigenvalue weighted by Crippen LogP contribution is 2.38. The molecule has 11 heteroatoms. The van der Waals surface area contributed by atoms with E-state index in [4.69, 9.17) is 22.1 Å². The number of thiophene rings is 1. The number of carbonyl (C=O) groups is 2. The van der Waals surface area contributed by atoms with Gasteiger partial charge in [-0.05, 0) is 30.2 Å². The Balaban J connectivity index is 1.86. The largest absolute Gasteiger partial charge is 0.418 e. The number of halogens is 4. The molecule has 1 aromatic carbocycles. The number of hydrogen-bond acceptors (Lipinski definition) is 4. The van der Waals surface area contributed by atoms with Crippen molar-refractivity contribution in [3.05, 3.63) is 44.8 Å². The Morgan fingerprint density at radius 2 is 2.00 bits per heavy atom. The number of urea groups is 1. The number of nitrogens with two attached hydrogens (primary N) is 1. The van der Waals surface area contributed by atoms with Gasteiger partial charge in [-0.2, -0.15) is 13.2 Å². The lowest BCUT2D eigenvalue weighted by Gasteiger charge is -2.14. The number of fused-ring (bicyclic) bond motifs is 1. The molecule has 3 amide bonds. The zero-order valence-electron chi connectivity index (χ0n) is 13.6. The second-order valence-corrected chi connectivity index (χ2v) is 7.18. The number of benzene rings is 1. The summed E-state index contributed by atoms with van der Waals surface area (Å²) in [6.07, 6.45) is -4.24. The van der Waals surface area contributed by atoms with Gasteiger partial charge < -0.3 is 15.8 Å². The van der Waals surface area contributed by atoms with Gasteiger partial charge >= 0.3 is 12.2 Å². The zero-order chi connectivity index (χ0) is 19.8. The van der Waals surface area contributed by atoms with Gasteiger partial charge in [0.15, 0.2) is 0 Å². The van der Waals surface area contributed by atoms with Crippen LogP contribution in [0.15, 0.2) is 18.2 Å². The number of primary amides is 1. The quantitative estimate of drug-likeness (QED) is 0.694. The van der Waals surface area contributed by atoms with Crippen molar-refractivity contribution in [3.8, 4) is 0 Å². The first-order chi connectivity index (χ1) is 12.7. The Morgan fingerprint density at radius 3 is 2.67 bits per heavy atom. The number of carbonyl (C=O) groups excluding carboxylic acids is 2. The van der Waals surface area contributed by atoms with Gasteiger partial charge in [0.1, 0.15) is 5.00 Å². The van der Waals surface area contributed by atoms with Crippen LogP contribution in [-0.2, 0) is 23.9 Å². The van der Waals surface area contributed by atoms with Crippen LogP contribution in [0.4, 0.5) is 28.7 Å². The van der Waals surface area contributed by atoms with Crippen molar-refractivity contribution < 1.29 is 27.5 Å². The van der Waals surface area contributed by atoms with Crippen LogP contribution in [-0.4, -0.2) is 18.5 Å². The summed E-state index contributed by atoms with van der Waals surface area (Å²) in [6, 6.07) is 2.05. The van der Waals surface area contributed by atoms with E-state index in [1.54, 1.807) is 0 Å². The Morgan fingerprint density at radius 1 is 1.26 bits per heavy atom.